The van der Waals surface area contributed by atoms with Gasteiger partial charge in [0.15, 0.2) is 0 Å². The molecule has 1 fully saturated rings. The smallest absolute Gasteiger partial charge is 0.314 e. The fourth-order valence-corrected chi connectivity index (χ4v) is 2.46. The molecular formula is C13H15ClO4. The molecule has 0 spiro atoms. The standard InChI is InChI=1S/C13H15ClO4/c1-7-9(17-2)6-8(11(18-3)10(7)14)13(4-5-13)12(15)16/h6H,4-5H2,1-3H3,(H,15,16). The van der Waals surface area contributed by atoms with E-state index in [0.29, 0.717) is 34.9 Å². The third kappa shape index (κ3) is 1.72. The molecule has 0 radical (unpaired) electrons. The van der Waals surface area contributed by atoms with Crippen LogP contribution in [0.25, 0.3) is 0 Å². The molecule has 0 aliphatic heterocycles. The number of benzene rings is 1. The van der Waals surface area contributed by atoms with E-state index in [1.165, 1.54) is 14.2 Å². The molecule has 5 heteroatoms. The highest BCUT2D eigenvalue weighted by Crippen LogP contribution is 2.54. The van der Waals surface area contributed by atoms with Crippen LogP contribution in [-0.4, -0.2) is 25.3 Å². The van der Waals surface area contributed by atoms with Gasteiger partial charge in [0.25, 0.3) is 0 Å². The average Bonchev–Trinajstić information content (AvgIpc) is 3.13. The Balaban J connectivity index is 2.67. The van der Waals surface area contributed by atoms with Gasteiger partial charge in [-0.05, 0) is 25.8 Å². The van der Waals surface area contributed by atoms with E-state index < -0.39 is 11.4 Å². The quantitative estimate of drug-likeness (QED) is 0.914. The molecule has 1 aromatic carbocycles. The van der Waals surface area contributed by atoms with Gasteiger partial charge in [0.1, 0.15) is 11.5 Å². The van der Waals surface area contributed by atoms with Gasteiger partial charge < -0.3 is 14.6 Å². The van der Waals surface area contributed by atoms with Gasteiger partial charge in [-0.1, -0.05) is 11.6 Å². The van der Waals surface area contributed by atoms with Crippen LogP contribution in [0.15, 0.2) is 6.07 Å². The molecular weight excluding hydrogens is 256 g/mol. The van der Waals surface area contributed by atoms with Crippen molar-refractivity contribution in [2.75, 3.05) is 14.2 Å². The largest absolute Gasteiger partial charge is 0.496 e. The van der Waals surface area contributed by atoms with Crippen LogP contribution in [0.2, 0.25) is 5.02 Å². The highest BCUT2D eigenvalue weighted by molar-refractivity contribution is 6.33. The van der Waals surface area contributed by atoms with E-state index in [0.717, 1.165) is 5.56 Å². The monoisotopic (exact) mass is 270 g/mol. The average molecular weight is 271 g/mol. The Morgan fingerprint density at radius 2 is 2.00 bits per heavy atom. The number of rotatable bonds is 4. The molecule has 0 bridgehead atoms. The molecule has 1 saturated carbocycles. The van der Waals surface area contributed by atoms with Gasteiger partial charge in [0, 0.05) is 11.1 Å². The van der Waals surface area contributed by atoms with Gasteiger partial charge in [-0.15, -0.1) is 0 Å². The van der Waals surface area contributed by atoms with Crippen LogP contribution in [0.1, 0.15) is 24.0 Å². The van der Waals surface area contributed by atoms with Crippen LogP contribution in [0, 0.1) is 6.92 Å². The Hall–Kier alpha value is -1.42. The summed E-state index contributed by atoms with van der Waals surface area (Å²) in [5, 5.41) is 9.78. The maximum atomic E-state index is 11.4. The number of hydrogen-bond donors (Lipinski definition) is 1. The summed E-state index contributed by atoms with van der Waals surface area (Å²) in [4.78, 5) is 11.4. The summed E-state index contributed by atoms with van der Waals surface area (Å²) in [6.45, 7) is 1.81. The first-order valence-corrected chi connectivity index (χ1v) is 6.00. The van der Waals surface area contributed by atoms with Crippen molar-refractivity contribution < 1.29 is 19.4 Å². The zero-order chi connectivity index (χ0) is 13.5. The van der Waals surface area contributed by atoms with Gasteiger partial charge in [0.2, 0.25) is 0 Å². The van der Waals surface area contributed by atoms with Crippen LogP contribution < -0.4 is 9.47 Å². The molecule has 1 aliphatic rings. The highest BCUT2D eigenvalue weighted by atomic mass is 35.5. The summed E-state index contributed by atoms with van der Waals surface area (Å²) in [6, 6.07) is 1.72. The molecule has 0 aromatic heterocycles. The molecule has 0 atom stereocenters. The van der Waals surface area contributed by atoms with E-state index >= 15 is 0 Å². The van der Waals surface area contributed by atoms with E-state index in [4.69, 9.17) is 21.1 Å². The van der Waals surface area contributed by atoms with Gasteiger partial charge in [-0.25, -0.2) is 0 Å². The summed E-state index contributed by atoms with van der Waals surface area (Å²) < 4.78 is 10.5. The number of hydrogen-bond acceptors (Lipinski definition) is 3. The molecule has 98 valence electrons. The van der Waals surface area contributed by atoms with Crippen molar-refractivity contribution in [2.24, 2.45) is 0 Å². The third-order valence-electron chi connectivity index (χ3n) is 3.52. The number of carbonyl (C=O) groups is 1. The lowest BCUT2D eigenvalue weighted by molar-refractivity contribution is -0.140. The van der Waals surface area contributed by atoms with Crippen molar-refractivity contribution in [1.29, 1.82) is 0 Å². The van der Waals surface area contributed by atoms with E-state index in [9.17, 15) is 9.90 Å². The zero-order valence-electron chi connectivity index (χ0n) is 10.5. The van der Waals surface area contributed by atoms with Crippen molar-refractivity contribution >= 4 is 17.6 Å². The minimum Gasteiger partial charge on any atom is -0.496 e. The Morgan fingerprint density at radius 3 is 2.39 bits per heavy atom. The van der Waals surface area contributed by atoms with Crippen molar-refractivity contribution in [1.82, 2.24) is 0 Å². The molecule has 0 amide bonds. The summed E-state index contributed by atoms with van der Waals surface area (Å²) in [6.07, 6.45) is 1.20. The normalized spacial score (nSPS) is 16.2. The molecule has 0 unspecified atom stereocenters. The van der Waals surface area contributed by atoms with E-state index in [2.05, 4.69) is 0 Å². The Bertz CT molecular complexity index is 506. The highest BCUT2D eigenvalue weighted by Gasteiger charge is 2.54. The lowest BCUT2D eigenvalue weighted by Crippen LogP contribution is -2.20. The Kier molecular flexibility index (Phi) is 3.15. The van der Waals surface area contributed by atoms with Crippen LogP contribution in [0.3, 0.4) is 0 Å². The summed E-state index contributed by atoms with van der Waals surface area (Å²) in [7, 11) is 3.03. The summed E-state index contributed by atoms with van der Waals surface area (Å²) >= 11 is 6.22. The van der Waals surface area contributed by atoms with E-state index in [-0.39, 0.29) is 0 Å². The molecule has 4 nitrogen and oxygen atoms in total. The third-order valence-corrected chi connectivity index (χ3v) is 3.97. The van der Waals surface area contributed by atoms with Crippen molar-refractivity contribution in [3.05, 3.63) is 22.2 Å². The second-order valence-electron chi connectivity index (χ2n) is 4.49. The molecule has 1 aliphatic carbocycles. The van der Waals surface area contributed by atoms with Crippen LogP contribution in [0.5, 0.6) is 11.5 Å². The molecule has 1 N–H and O–H groups in total. The van der Waals surface area contributed by atoms with Gasteiger partial charge in [0.05, 0.1) is 24.7 Å². The first-order valence-electron chi connectivity index (χ1n) is 5.63. The minimum absolute atomic E-state index is 0.416. The topological polar surface area (TPSA) is 55.8 Å². The number of carboxylic acids is 1. The van der Waals surface area contributed by atoms with Crippen LogP contribution >= 0.6 is 11.6 Å². The first kappa shape index (κ1) is 13.0. The molecule has 2 rings (SSSR count). The number of ether oxygens (including phenoxy) is 2. The number of carboxylic acid groups (broad SMARTS) is 1. The van der Waals surface area contributed by atoms with E-state index in [1.54, 1.807) is 6.07 Å². The first-order chi connectivity index (χ1) is 8.47. The predicted octanol–water partition coefficient (Wildman–Crippen LogP) is 2.78. The predicted molar refractivity (Wildman–Crippen MR) is 67.8 cm³/mol. The minimum atomic E-state index is -0.865. The maximum Gasteiger partial charge on any atom is 0.314 e. The van der Waals surface area contributed by atoms with Gasteiger partial charge in [-0.2, -0.15) is 0 Å². The van der Waals surface area contributed by atoms with Crippen molar-refractivity contribution in [2.45, 2.75) is 25.2 Å². The molecule has 0 saturated heterocycles. The van der Waals surface area contributed by atoms with Crippen molar-refractivity contribution in [3.8, 4) is 11.5 Å². The lowest BCUT2D eigenvalue weighted by Gasteiger charge is -2.19. The molecule has 1 aromatic rings. The number of methoxy groups -OCH3 is 2. The number of aliphatic carboxylic acids is 1. The van der Waals surface area contributed by atoms with Gasteiger partial charge in [-0.3, -0.25) is 4.79 Å². The number of halogens is 1. The van der Waals surface area contributed by atoms with Crippen molar-refractivity contribution in [3.63, 3.8) is 0 Å². The fraction of sp³-hybridized carbons (Fsp3) is 0.462. The summed E-state index contributed by atoms with van der Waals surface area (Å²) in [5.41, 5.74) is 0.488. The molecule has 0 heterocycles. The lowest BCUT2D eigenvalue weighted by atomic mass is 9.93. The van der Waals surface area contributed by atoms with E-state index in [1.807, 2.05) is 6.92 Å². The summed E-state index contributed by atoms with van der Waals surface area (Å²) in [5.74, 6) is 0.181. The Labute approximate surface area is 110 Å². The second-order valence-corrected chi connectivity index (χ2v) is 4.86. The SMILES string of the molecule is COc1cc(C2(C(=O)O)CC2)c(OC)c(Cl)c1C. The maximum absolute atomic E-state index is 11.4. The van der Waals surface area contributed by atoms with Gasteiger partial charge >= 0.3 is 5.97 Å². The van der Waals surface area contributed by atoms with Crippen LogP contribution in [-0.2, 0) is 10.2 Å². The molecule has 18 heavy (non-hydrogen) atoms. The van der Waals surface area contributed by atoms with Crippen LogP contribution in [0.4, 0.5) is 0 Å². The zero-order valence-corrected chi connectivity index (χ0v) is 11.3. The fourth-order valence-electron chi connectivity index (χ4n) is 2.19. The Morgan fingerprint density at radius 1 is 1.39 bits per heavy atom. The second kappa shape index (κ2) is 4.35.